The minimum absolute atomic E-state index is 0. The van der Waals surface area contributed by atoms with Crippen LogP contribution in [0.2, 0.25) is 0 Å². The van der Waals surface area contributed by atoms with Crippen molar-refractivity contribution in [2.45, 2.75) is 19.4 Å². The Balaban J connectivity index is 0.00000121. The summed E-state index contributed by atoms with van der Waals surface area (Å²) in [4.78, 5) is 2.22. The van der Waals surface area contributed by atoms with Gasteiger partial charge in [-0.2, -0.15) is 0 Å². The zero-order valence-electron chi connectivity index (χ0n) is 6.92. The molecule has 0 aliphatic rings. The summed E-state index contributed by atoms with van der Waals surface area (Å²) in [5.74, 6) is 0. The van der Waals surface area contributed by atoms with Crippen molar-refractivity contribution in [3.8, 4) is 0 Å². The molecule has 0 spiro atoms. The second-order valence-electron chi connectivity index (χ2n) is 2.42. The molecular formula is C8H13ClFNS. The van der Waals surface area contributed by atoms with E-state index in [-0.39, 0.29) is 12.4 Å². The molecule has 1 nitrogen and oxygen atoms in total. The van der Waals surface area contributed by atoms with Crippen LogP contribution in [0.4, 0.5) is 4.39 Å². The van der Waals surface area contributed by atoms with E-state index in [4.69, 9.17) is 5.73 Å². The fourth-order valence-corrected chi connectivity index (χ4v) is 1.79. The summed E-state index contributed by atoms with van der Waals surface area (Å²) in [5.41, 5.74) is 5.50. The Hall–Kier alpha value is -0.120. The Labute approximate surface area is 82.2 Å². The van der Waals surface area contributed by atoms with Gasteiger partial charge in [0.05, 0.1) is 6.04 Å². The lowest BCUT2D eigenvalue weighted by atomic mass is 10.3. The summed E-state index contributed by atoms with van der Waals surface area (Å²) in [6.07, 6.45) is 1.00. The number of hydrogen-bond donors (Lipinski definition) is 1. The molecule has 0 bridgehead atoms. The molecular weight excluding hydrogens is 197 g/mol. The molecule has 1 aromatic heterocycles. The SMILES string of the molecule is CCc1ccc([C@@H](N)CF)s1.Cl. The highest BCUT2D eigenvalue weighted by Crippen LogP contribution is 2.22. The van der Waals surface area contributed by atoms with Gasteiger partial charge < -0.3 is 5.73 Å². The van der Waals surface area contributed by atoms with E-state index in [1.54, 1.807) is 11.3 Å². The lowest BCUT2D eigenvalue weighted by Gasteiger charge is -2.01. The van der Waals surface area contributed by atoms with E-state index < -0.39 is 12.7 Å². The Bertz CT molecular complexity index is 227. The highest BCUT2D eigenvalue weighted by atomic mass is 35.5. The second kappa shape index (κ2) is 5.51. The first-order valence-corrected chi connectivity index (χ1v) is 4.49. The van der Waals surface area contributed by atoms with E-state index in [0.29, 0.717) is 0 Å². The molecule has 1 aromatic rings. The van der Waals surface area contributed by atoms with Gasteiger partial charge in [-0.25, -0.2) is 4.39 Å². The highest BCUT2D eigenvalue weighted by molar-refractivity contribution is 7.12. The van der Waals surface area contributed by atoms with Gasteiger partial charge in [-0.15, -0.1) is 23.7 Å². The smallest absolute Gasteiger partial charge is 0.109 e. The predicted octanol–water partition coefficient (Wildman–Crippen LogP) is 2.70. The monoisotopic (exact) mass is 209 g/mol. The van der Waals surface area contributed by atoms with Gasteiger partial charge in [0.1, 0.15) is 6.67 Å². The lowest BCUT2D eigenvalue weighted by molar-refractivity contribution is 0.440. The maximum absolute atomic E-state index is 12.1. The molecule has 0 fully saturated rings. The molecule has 0 aromatic carbocycles. The molecule has 1 rings (SSSR count). The van der Waals surface area contributed by atoms with Crippen molar-refractivity contribution in [2.75, 3.05) is 6.67 Å². The number of hydrogen-bond acceptors (Lipinski definition) is 2. The fraction of sp³-hybridized carbons (Fsp3) is 0.500. The van der Waals surface area contributed by atoms with Crippen LogP contribution in [0.1, 0.15) is 22.7 Å². The van der Waals surface area contributed by atoms with Gasteiger partial charge in [-0.3, -0.25) is 0 Å². The Morgan fingerprint density at radius 1 is 1.58 bits per heavy atom. The van der Waals surface area contributed by atoms with Crippen LogP contribution < -0.4 is 5.73 Å². The molecule has 0 unspecified atom stereocenters. The largest absolute Gasteiger partial charge is 0.321 e. The Morgan fingerprint density at radius 2 is 2.25 bits per heavy atom. The van der Waals surface area contributed by atoms with E-state index in [0.717, 1.165) is 11.3 Å². The van der Waals surface area contributed by atoms with E-state index in [9.17, 15) is 4.39 Å². The van der Waals surface area contributed by atoms with Gasteiger partial charge >= 0.3 is 0 Å². The Kier molecular flexibility index (Phi) is 5.46. The van der Waals surface area contributed by atoms with Gasteiger partial charge in [-0.05, 0) is 18.6 Å². The molecule has 2 N–H and O–H groups in total. The molecule has 12 heavy (non-hydrogen) atoms. The molecule has 70 valence electrons. The molecule has 0 aliphatic carbocycles. The van der Waals surface area contributed by atoms with Gasteiger partial charge in [-0.1, -0.05) is 6.92 Å². The molecule has 0 amide bonds. The second-order valence-corrected chi connectivity index (χ2v) is 3.62. The molecule has 0 aliphatic heterocycles. The molecule has 1 atom stereocenters. The summed E-state index contributed by atoms with van der Waals surface area (Å²) >= 11 is 1.60. The normalized spacial score (nSPS) is 12.2. The van der Waals surface area contributed by atoms with Crippen molar-refractivity contribution in [3.63, 3.8) is 0 Å². The van der Waals surface area contributed by atoms with Crippen molar-refractivity contribution >= 4 is 23.7 Å². The Morgan fingerprint density at radius 3 is 2.67 bits per heavy atom. The zero-order valence-corrected chi connectivity index (χ0v) is 8.55. The average molecular weight is 210 g/mol. The molecule has 0 saturated carbocycles. The number of thiophene rings is 1. The van der Waals surface area contributed by atoms with Gasteiger partial charge in [0.25, 0.3) is 0 Å². The van der Waals surface area contributed by atoms with Crippen LogP contribution in [-0.2, 0) is 6.42 Å². The first-order chi connectivity index (χ1) is 5.27. The quantitative estimate of drug-likeness (QED) is 0.814. The minimum Gasteiger partial charge on any atom is -0.321 e. The van der Waals surface area contributed by atoms with Crippen molar-refractivity contribution < 1.29 is 4.39 Å². The number of aryl methyl sites for hydroxylation is 1. The third kappa shape index (κ3) is 2.73. The van der Waals surface area contributed by atoms with Gasteiger partial charge in [0, 0.05) is 9.75 Å². The average Bonchev–Trinajstić information content (AvgIpc) is 2.50. The summed E-state index contributed by atoms with van der Waals surface area (Å²) in [5, 5.41) is 0. The van der Waals surface area contributed by atoms with Crippen LogP contribution in [0.3, 0.4) is 0 Å². The van der Waals surface area contributed by atoms with E-state index in [1.165, 1.54) is 4.88 Å². The number of nitrogens with two attached hydrogens (primary N) is 1. The van der Waals surface area contributed by atoms with E-state index in [2.05, 4.69) is 6.92 Å². The highest BCUT2D eigenvalue weighted by Gasteiger charge is 2.07. The summed E-state index contributed by atoms with van der Waals surface area (Å²) in [6, 6.07) is 3.50. The summed E-state index contributed by atoms with van der Waals surface area (Å²) < 4.78 is 12.1. The van der Waals surface area contributed by atoms with Crippen molar-refractivity contribution in [2.24, 2.45) is 5.73 Å². The molecule has 4 heteroatoms. The maximum atomic E-state index is 12.1. The van der Waals surface area contributed by atoms with Gasteiger partial charge in [0.2, 0.25) is 0 Å². The van der Waals surface area contributed by atoms with Gasteiger partial charge in [0.15, 0.2) is 0 Å². The predicted molar refractivity (Wildman–Crippen MR) is 53.8 cm³/mol. The van der Waals surface area contributed by atoms with Crippen LogP contribution in [0.15, 0.2) is 12.1 Å². The van der Waals surface area contributed by atoms with Crippen LogP contribution in [0.5, 0.6) is 0 Å². The fourth-order valence-electron chi connectivity index (χ4n) is 0.860. The molecule has 0 saturated heterocycles. The first kappa shape index (κ1) is 11.9. The van der Waals surface area contributed by atoms with E-state index in [1.807, 2.05) is 12.1 Å². The summed E-state index contributed by atoms with van der Waals surface area (Å²) in [6.45, 7) is 1.61. The minimum atomic E-state index is -0.469. The maximum Gasteiger partial charge on any atom is 0.109 e. The zero-order chi connectivity index (χ0) is 8.27. The van der Waals surface area contributed by atoms with Crippen LogP contribution in [-0.4, -0.2) is 6.67 Å². The first-order valence-electron chi connectivity index (χ1n) is 3.68. The third-order valence-corrected chi connectivity index (χ3v) is 2.92. The van der Waals surface area contributed by atoms with E-state index >= 15 is 0 Å². The number of rotatable bonds is 3. The van der Waals surface area contributed by atoms with Crippen LogP contribution >= 0.6 is 23.7 Å². The van der Waals surface area contributed by atoms with Crippen molar-refractivity contribution in [1.29, 1.82) is 0 Å². The number of alkyl halides is 1. The number of halogens is 2. The molecule has 1 heterocycles. The standard InChI is InChI=1S/C8H12FNS.ClH/c1-2-6-3-4-8(11-6)7(10)5-9;/h3-4,7H,2,5,10H2,1H3;1H/t7-;/m0./s1. The topological polar surface area (TPSA) is 26.0 Å². The van der Waals surface area contributed by atoms with Crippen molar-refractivity contribution in [3.05, 3.63) is 21.9 Å². The van der Waals surface area contributed by atoms with Crippen LogP contribution in [0, 0.1) is 0 Å². The lowest BCUT2D eigenvalue weighted by Crippen LogP contribution is -2.09. The van der Waals surface area contributed by atoms with Crippen LogP contribution in [0.25, 0.3) is 0 Å². The summed E-state index contributed by atoms with van der Waals surface area (Å²) in [7, 11) is 0. The van der Waals surface area contributed by atoms with Crippen molar-refractivity contribution in [1.82, 2.24) is 0 Å². The molecule has 0 radical (unpaired) electrons. The third-order valence-electron chi connectivity index (χ3n) is 1.56.